The first-order valence-corrected chi connectivity index (χ1v) is 5.91. The molecule has 17 heavy (non-hydrogen) atoms. The highest BCUT2D eigenvalue weighted by atomic mass is 16.1. The van der Waals surface area contributed by atoms with E-state index in [1.165, 1.54) is 24.1 Å². The van der Waals surface area contributed by atoms with Crippen LogP contribution >= 0.6 is 0 Å². The zero-order valence-electron chi connectivity index (χ0n) is 9.76. The van der Waals surface area contributed by atoms with Gasteiger partial charge in [-0.3, -0.25) is 4.79 Å². The summed E-state index contributed by atoms with van der Waals surface area (Å²) in [5.74, 6) is 0.579. The Labute approximate surface area is 100 Å². The number of rotatable bonds is 3. The van der Waals surface area contributed by atoms with Crippen LogP contribution in [0.3, 0.4) is 0 Å². The molecule has 2 aromatic rings. The summed E-state index contributed by atoms with van der Waals surface area (Å²) >= 11 is 0. The third-order valence-electron chi connectivity index (χ3n) is 3.22. The van der Waals surface area contributed by atoms with Crippen LogP contribution in [0.15, 0.2) is 30.3 Å². The molecule has 1 saturated carbocycles. The van der Waals surface area contributed by atoms with Crippen molar-refractivity contribution in [2.75, 3.05) is 0 Å². The van der Waals surface area contributed by atoms with Crippen LogP contribution in [0.4, 0.5) is 0 Å². The summed E-state index contributed by atoms with van der Waals surface area (Å²) in [6.45, 7) is 2.06. The predicted octanol–water partition coefficient (Wildman–Crippen LogP) is 2.87. The molecule has 0 spiro atoms. The van der Waals surface area contributed by atoms with Gasteiger partial charge >= 0.3 is 0 Å². The van der Waals surface area contributed by atoms with Gasteiger partial charge in [-0.15, -0.1) is 0 Å². The minimum absolute atomic E-state index is 0.523. The fourth-order valence-electron chi connectivity index (χ4n) is 2.14. The average Bonchev–Trinajstić information content (AvgIpc) is 3.10. The van der Waals surface area contributed by atoms with Gasteiger partial charge in [0.2, 0.25) is 0 Å². The lowest BCUT2D eigenvalue weighted by Gasteiger charge is -2.09. The van der Waals surface area contributed by atoms with Crippen molar-refractivity contribution in [3.63, 3.8) is 0 Å². The van der Waals surface area contributed by atoms with Gasteiger partial charge in [0.1, 0.15) is 5.69 Å². The molecule has 0 amide bonds. The molecule has 1 aliphatic rings. The first kappa shape index (κ1) is 10.3. The minimum Gasteiger partial charge on any atom is -0.296 e. The molecule has 0 saturated heterocycles. The summed E-state index contributed by atoms with van der Waals surface area (Å²) < 4.78 is 1.93. The monoisotopic (exact) mass is 226 g/mol. The average molecular weight is 226 g/mol. The molecule has 1 aliphatic carbocycles. The van der Waals surface area contributed by atoms with E-state index in [0.717, 1.165) is 12.0 Å². The van der Waals surface area contributed by atoms with Crippen molar-refractivity contribution in [3.8, 4) is 5.69 Å². The lowest BCUT2D eigenvalue weighted by Crippen LogP contribution is -2.03. The molecule has 0 aliphatic heterocycles. The maximum atomic E-state index is 10.9. The van der Waals surface area contributed by atoms with Gasteiger partial charge in [-0.1, -0.05) is 18.2 Å². The molecule has 3 heteroatoms. The lowest BCUT2D eigenvalue weighted by atomic mass is 10.2. The number of carbonyl (C=O) groups is 1. The van der Waals surface area contributed by atoms with Crippen LogP contribution in [0, 0.1) is 6.92 Å². The largest absolute Gasteiger partial charge is 0.296 e. The first-order chi connectivity index (χ1) is 8.29. The summed E-state index contributed by atoms with van der Waals surface area (Å²) in [7, 11) is 0. The molecule has 3 nitrogen and oxygen atoms in total. The number of carbonyl (C=O) groups excluding carboxylic acids is 1. The Hall–Kier alpha value is -1.90. The van der Waals surface area contributed by atoms with Gasteiger partial charge in [0.05, 0.1) is 5.69 Å². The van der Waals surface area contributed by atoms with Crippen LogP contribution < -0.4 is 0 Å². The van der Waals surface area contributed by atoms with Gasteiger partial charge in [-0.2, -0.15) is 5.10 Å². The molecule has 0 bridgehead atoms. The number of aldehydes is 1. The molecule has 1 aromatic heterocycles. The number of hydrogen-bond donors (Lipinski definition) is 0. The molecular formula is C14H14N2O. The van der Waals surface area contributed by atoms with Crippen molar-refractivity contribution < 1.29 is 4.79 Å². The standard InChI is InChI=1S/C14H14N2O/c1-10-4-2-3-5-13(10)16-14(11-6-7-11)8-12(9-17)15-16/h2-5,8-9,11H,6-7H2,1H3. The molecular weight excluding hydrogens is 212 g/mol. The van der Waals surface area contributed by atoms with Gasteiger partial charge in [-0.25, -0.2) is 4.68 Å². The van der Waals surface area contributed by atoms with Crippen LogP contribution in [0.2, 0.25) is 0 Å². The van der Waals surface area contributed by atoms with Crippen molar-refractivity contribution in [2.45, 2.75) is 25.7 Å². The van der Waals surface area contributed by atoms with E-state index in [1.54, 1.807) is 0 Å². The molecule has 1 fully saturated rings. The van der Waals surface area contributed by atoms with Crippen molar-refractivity contribution >= 4 is 6.29 Å². The number of aryl methyl sites for hydroxylation is 1. The van der Waals surface area contributed by atoms with Crippen LogP contribution in [-0.4, -0.2) is 16.1 Å². The lowest BCUT2D eigenvalue weighted by molar-refractivity contribution is 0.111. The Morgan fingerprint density at radius 2 is 2.12 bits per heavy atom. The van der Waals surface area contributed by atoms with Crippen LogP contribution in [-0.2, 0) is 0 Å². The van der Waals surface area contributed by atoms with Gasteiger partial charge in [-0.05, 0) is 37.5 Å². The Balaban J connectivity index is 2.16. The van der Waals surface area contributed by atoms with Crippen molar-refractivity contribution in [1.82, 2.24) is 9.78 Å². The molecule has 0 radical (unpaired) electrons. The van der Waals surface area contributed by atoms with Crippen molar-refractivity contribution in [2.24, 2.45) is 0 Å². The Morgan fingerprint density at radius 3 is 2.76 bits per heavy atom. The summed E-state index contributed by atoms with van der Waals surface area (Å²) in [5, 5.41) is 4.37. The van der Waals surface area contributed by atoms with E-state index < -0.39 is 0 Å². The summed E-state index contributed by atoms with van der Waals surface area (Å²) in [6, 6.07) is 10.0. The van der Waals surface area contributed by atoms with E-state index in [2.05, 4.69) is 18.1 Å². The first-order valence-electron chi connectivity index (χ1n) is 5.91. The topological polar surface area (TPSA) is 34.9 Å². The van der Waals surface area contributed by atoms with Crippen LogP contribution in [0.5, 0.6) is 0 Å². The number of hydrogen-bond acceptors (Lipinski definition) is 2. The molecule has 0 N–H and O–H groups in total. The molecule has 0 atom stereocenters. The molecule has 1 aromatic carbocycles. The van der Waals surface area contributed by atoms with Gasteiger partial charge in [0.25, 0.3) is 0 Å². The van der Waals surface area contributed by atoms with Gasteiger partial charge in [0.15, 0.2) is 6.29 Å². The third kappa shape index (κ3) is 1.78. The number of nitrogens with zero attached hydrogens (tertiary/aromatic N) is 2. The second kappa shape index (κ2) is 3.84. The van der Waals surface area contributed by atoms with E-state index in [4.69, 9.17) is 0 Å². The Bertz CT molecular complexity index is 567. The predicted molar refractivity (Wildman–Crippen MR) is 65.7 cm³/mol. The second-order valence-corrected chi connectivity index (χ2v) is 4.58. The van der Waals surface area contributed by atoms with Crippen molar-refractivity contribution in [3.05, 3.63) is 47.3 Å². The molecule has 3 rings (SSSR count). The molecule has 0 unspecified atom stereocenters. The fraction of sp³-hybridized carbons (Fsp3) is 0.286. The van der Waals surface area contributed by atoms with Gasteiger partial charge < -0.3 is 0 Å². The quantitative estimate of drug-likeness (QED) is 0.754. The summed E-state index contributed by atoms with van der Waals surface area (Å²) in [5.41, 5.74) is 3.94. The zero-order chi connectivity index (χ0) is 11.8. The molecule has 1 heterocycles. The molecule has 86 valence electrons. The smallest absolute Gasteiger partial charge is 0.170 e. The van der Waals surface area contributed by atoms with E-state index in [9.17, 15) is 4.79 Å². The van der Waals surface area contributed by atoms with E-state index >= 15 is 0 Å². The second-order valence-electron chi connectivity index (χ2n) is 4.58. The minimum atomic E-state index is 0.523. The zero-order valence-corrected chi connectivity index (χ0v) is 9.76. The van der Waals surface area contributed by atoms with Crippen molar-refractivity contribution in [1.29, 1.82) is 0 Å². The Kier molecular flexibility index (Phi) is 2.32. The highest BCUT2D eigenvalue weighted by Gasteiger charge is 2.28. The highest BCUT2D eigenvalue weighted by molar-refractivity contribution is 5.72. The van der Waals surface area contributed by atoms with Crippen LogP contribution in [0.25, 0.3) is 5.69 Å². The SMILES string of the molecule is Cc1ccccc1-n1nc(C=O)cc1C1CC1. The number of para-hydroxylation sites is 1. The number of aromatic nitrogens is 2. The maximum Gasteiger partial charge on any atom is 0.170 e. The summed E-state index contributed by atoms with van der Waals surface area (Å²) in [6.07, 6.45) is 3.23. The summed E-state index contributed by atoms with van der Waals surface area (Å²) in [4.78, 5) is 10.9. The highest BCUT2D eigenvalue weighted by Crippen LogP contribution is 2.41. The normalized spacial score (nSPS) is 14.9. The maximum absolute atomic E-state index is 10.9. The fourth-order valence-corrected chi connectivity index (χ4v) is 2.14. The van der Waals surface area contributed by atoms with E-state index in [1.807, 2.05) is 28.9 Å². The van der Waals surface area contributed by atoms with E-state index in [0.29, 0.717) is 11.6 Å². The third-order valence-corrected chi connectivity index (χ3v) is 3.22. The van der Waals surface area contributed by atoms with Crippen LogP contribution in [0.1, 0.15) is 40.5 Å². The van der Waals surface area contributed by atoms with E-state index in [-0.39, 0.29) is 0 Å². The Morgan fingerprint density at radius 1 is 1.35 bits per heavy atom. The van der Waals surface area contributed by atoms with Gasteiger partial charge in [0, 0.05) is 11.6 Å². The number of benzene rings is 1.